The van der Waals surface area contributed by atoms with E-state index < -0.39 is 13.3 Å². The molecule has 8 rings (SSSR count). The molecule has 5 aromatic carbocycles. The van der Waals surface area contributed by atoms with Crippen LogP contribution in [-0.2, 0) is 20.1 Å². The molecule has 8 aromatic rings. The monoisotopic (exact) mass is 866 g/mol. The number of thiophene rings is 1. The SMILES string of the molecule is [CH3][Ge]([CH3])([CH3])[c]1ccc2s[c-]c(-c3nc4ccccc4n3-c3ccc(-c4ccccc4)cc3)c2c1.[Ir].[c-]1ccccc1-c1ccccn1. The van der Waals surface area contributed by atoms with E-state index in [9.17, 15) is 0 Å². The Balaban J connectivity index is 0.000000250. The van der Waals surface area contributed by atoms with E-state index in [0.29, 0.717) is 0 Å². The van der Waals surface area contributed by atoms with Crippen LogP contribution >= 0.6 is 11.3 Å². The standard InChI is InChI=1S/C30H25GeN2S.C11H8N.Ir/c1-31(2,3)23-15-18-29-25(19-23)26(20-34-29)30-32-27-11-7-8-12-28(27)33(30)24-16-13-22(14-17-24)21-9-5-4-6-10-21;1-2-6-10(7-3-1)11-8-4-5-9-12-11;/h4-19H,1-3H3;1-6,8-9H;/q2*-1;. The van der Waals surface area contributed by atoms with Crippen molar-refractivity contribution >= 4 is 50.1 Å². The van der Waals surface area contributed by atoms with Crippen LogP contribution in [0.15, 0.2) is 146 Å². The van der Waals surface area contributed by atoms with Crippen LogP contribution in [0.1, 0.15) is 0 Å². The molecule has 0 spiro atoms. The molecule has 0 aliphatic carbocycles. The molecule has 0 saturated carbocycles. The van der Waals surface area contributed by atoms with Crippen molar-refractivity contribution in [3.63, 3.8) is 0 Å². The molecule has 0 atom stereocenters. The fourth-order valence-electron chi connectivity index (χ4n) is 5.57. The number of rotatable bonds is 5. The molecule has 6 heteroatoms. The second-order valence-electron chi connectivity index (χ2n) is 12.2. The summed E-state index contributed by atoms with van der Waals surface area (Å²) in [4.78, 5) is 9.33. The second kappa shape index (κ2) is 14.3. The Labute approximate surface area is 296 Å². The molecule has 47 heavy (non-hydrogen) atoms. The van der Waals surface area contributed by atoms with Gasteiger partial charge in [0.05, 0.1) is 0 Å². The van der Waals surface area contributed by atoms with Crippen molar-refractivity contribution in [2.24, 2.45) is 0 Å². The largest absolute Gasteiger partial charge is 0.305 e. The first kappa shape index (κ1) is 32.8. The number of hydrogen-bond donors (Lipinski definition) is 0. The maximum atomic E-state index is 5.11. The first-order chi connectivity index (χ1) is 22.5. The molecule has 0 N–H and O–H groups in total. The zero-order chi connectivity index (χ0) is 31.5. The number of pyridine rings is 1. The third-order valence-corrected chi connectivity index (χ3v) is 13.2. The minimum Gasteiger partial charge on any atom is -0.305 e. The molecule has 3 aromatic heterocycles. The Morgan fingerprint density at radius 3 is 2.15 bits per heavy atom. The smallest absolute Gasteiger partial charge is 0.0160 e. The summed E-state index contributed by atoms with van der Waals surface area (Å²) in [5.41, 5.74) is 8.77. The van der Waals surface area contributed by atoms with E-state index in [1.165, 1.54) is 25.6 Å². The third kappa shape index (κ3) is 7.09. The van der Waals surface area contributed by atoms with Crippen molar-refractivity contribution in [1.82, 2.24) is 14.5 Å². The molecule has 0 amide bonds. The fraction of sp³-hybridized carbons (Fsp3) is 0.0732. The van der Waals surface area contributed by atoms with Gasteiger partial charge in [0, 0.05) is 26.3 Å². The van der Waals surface area contributed by atoms with Gasteiger partial charge in [-0.15, -0.1) is 35.9 Å². The number of aromatic nitrogens is 3. The summed E-state index contributed by atoms with van der Waals surface area (Å²) in [7, 11) is 0. The first-order valence-electron chi connectivity index (χ1n) is 15.4. The van der Waals surface area contributed by atoms with Gasteiger partial charge in [0.25, 0.3) is 0 Å². The molecule has 3 heterocycles. The molecule has 0 saturated heterocycles. The van der Waals surface area contributed by atoms with Crippen molar-refractivity contribution in [1.29, 1.82) is 0 Å². The number of para-hydroxylation sites is 2. The van der Waals surface area contributed by atoms with Crippen molar-refractivity contribution in [3.05, 3.63) is 157 Å². The van der Waals surface area contributed by atoms with E-state index in [0.717, 1.165) is 39.4 Å². The average Bonchev–Trinajstić information content (AvgIpc) is 3.71. The topological polar surface area (TPSA) is 30.7 Å². The van der Waals surface area contributed by atoms with E-state index >= 15 is 0 Å². The van der Waals surface area contributed by atoms with Gasteiger partial charge in [0.1, 0.15) is 0 Å². The van der Waals surface area contributed by atoms with Crippen LogP contribution in [0.5, 0.6) is 0 Å². The van der Waals surface area contributed by atoms with Crippen molar-refractivity contribution in [2.45, 2.75) is 17.3 Å². The Morgan fingerprint density at radius 2 is 1.43 bits per heavy atom. The maximum Gasteiger partial charge on any atom is 0.0160 e. The minimum absolute atomic E-state index is 0. The molecule has 0 aliphatic rings. The molecular weight excluding hydrogens is 831 g/mol. The van der Waals surface area contributed by atoms with Gasteiger partial charge in [0.15, 0.2) is 0 Å². The van der Waals surface area contributed by atoms with Crippen molar-refractivity contribution in [3.8, 4) is 39.5 Å². The number of imidazole rings is 1. The van der Waals surface area contributed by atoms with Crippen LogP contribution in [0.3, 0.4) is 0 Å². The van der Waals surface area contributed by atoms with Gasteiger partial charge in [-0.2, -0.15) is 0 Å². The van der Waals surface area contributed by atoms with Crippen molar-refractivity contribution < 1.29 is 20.1 Å². The Hall–Kier alpha value is -4.13. The summed E-state index contributed by atoms with van der Waals surface area (Å²) < 4.78 is 5.06. The zero-order valence-electron chi connectivity index (χ0n) is 26.4. The Bertz CT molecular complexity index is 2180. The van der Waals surface area contributed by atoms with Gasteiger partial charge in [0.2, 0.25) is 0 Å². The van der Waals surface area contributed by atoms with Crippen molar-refractivity contribution in [2.75, 3.05) is 0 Å². The molecule has 3 nitrogen and oxygen atoms in total. The minimum atomic E-state index is -1.96. The van der Waals surface area contributed by atoms with Gasteiger partial charge in [-0.3, -0.25) is 0 Å². The second-order valence-corrected chi connectivity index (χ2v) is 23.7. The average molecular weight is 865 g/mol. The van der Waals surface area contributed by atoms with E-state index in [-0.39, 0.29) is 20.1 Å². The van der Waals surface area contributed by atoms with Gasteiger partial charge in [-0.25, -0.2) is 0 Å². The normalized spacial score (nSPS) is 11.1. The van der Waals surface area contributed by atoms with Crippen LogP contribution < -0.4 is 4.40 Å². The molecule has 0 unspecified atom stereocenters. The number of benzene rings is 5. The van der Waals surface area contributed by atoms with Crippen LogP contribution in [0.4, 0.5) is 0 Å². The summed E-state index contributed by atoms with van der Waals surface area (Å²) >= 11 is -0.279. The van der Waals surface area contributed by atoms with Crippen LogP contribution in [0, 0.1) is 11.4 Å². The summed E-state index contributed by atoms with van der Waals surface area (Å²) in [6.07, 6.45) is 1.79. The fourth-order valence-corrected chi connectivity index (χ4v) is 8.83. The summed E-state index contributed by atoms with van der Waals surface area (Å²) in [5, 5.41) is 4.86. The first-order valence-corrected chi connectivity index (χ1v) is 23.6. The number of nitrogens with zero attached hydrogens (tertiary/aromatic N) is 3. The van der Waals surface area contributed by atoms with E-state index in [2.05, 4.69) is 135 Å². The van der Waals surface area contributed by atoms with Crippen LogP contribution in [0.2, 0.25) is 17.3 Å². The third-order valence-electron chi connectivity index (χ3n) is 8.04. The predicted octanol–water partition coefficient (Wildman–Crippen LogP) is 10.5. The molecule has 1 radical (unpaired) electrons. The summed E-state index contributed by atoms with van der Waals surface area (Å²) in [6.45, 7) is 0. The van der Waals surface area contributed by atoms with Gasteiger partial charge < -0.3 is 4.98 Å². The maximum absolute atomic E-state index is 5.11. The van der Waals surface area contributed by atoms with Gasteiger partial charge in [-0.1, -0.05) is 30.3 Å². The molecule has 0 aliphatic heterocycles. The number of hydrogen-bond acceptors (Lipinski definition) is 3. The van der Waals surface area contributed by atoms with Crippen LogP contribution in [0.25, 0.3) is 60.6 Å². The number of fused-ring (bicyclic) bond motifs is 2. The zero-order valence-corrected chi connectivity index (χ0v) is 31.7. The van der Waals surface area contributed by atoms with E-state index in [4.69, 9.17) is 4.98 Å². The Kier molecular flexibility index (Phi) is 10.00. The molecular formula is C41H33GeIrN3S-2. The van der Waals surface area contributed by atoms with E-state index in [1.54, 1.807) is 17.5 Å². The summed E-state index contributed by atoms with van der Waals surface area (Å²) in [6, 6.07) is 51.5. The molecule has 0 bridgehead atoms. The molecule has 233 valence electrons. The quantitative estimate of drug-likeness (QED) is 0.128. The predicted molar refractivity (Wildman–Crippen MR) is 198 cm³/mol. The van der Waals surface area contributed by atoms with Gasteiger partial charge >= 0.3 is 189 Å². The summed E-state index contributed by atoms with van der Waals surface area (Å²) in [5.74, 6) is 8.29. The Morgan fingerprint density at radius 1 is 0.702 bits per heavy atom. The van der Waals surface area contributed by atoms with Gasteiger partial charge in [-0.05, 0) is 11.8 Å². The van der Waals surface area contributed by atoms with E-state index in [1.807, 2.05) is 42.5 Å². The van der Waals surface area contributed by atoms with Crippen LogP contribution in [-0.4, -0.2) is 27.8 Å². The molecule has 0 fully saturated rings.